The van der Waals surface area contributed by atoms with Crippen LogP contribution in [0.25, 0.3) is 0 Å². The van der Waals surface area contributed by atoms with Crippen molar-refractivity contribution in [3.8, 4) is 5.75 Å². The van der Waals surface area contributed by atoms with E-state index in [1.54, 1.807) is 12.1 Å². The van der Waals surface area contributed by atoms with E-state index < -0.39 is 21.7 Å². The van der Waals surface area contributed by atoms with Gasteiger partial charge < -0.3 is 10.1 Å². The number of aryl methyl sites for hydroxylation is 1. The summed E-state index contributed by atoms with van der Waals surface area (Å²) in [6.07, 6.45) is 0.502. The molecule has 0 heterocycles. The minimum atomic E-state index is -3.92. The first-order valence-corrected chi connectivity index (χ1v) is 11.1. The topological polar surface area (TPSA) is 84.5 Å². The molecule has 2 N–H and O–H groups in total. The number of amides is 1. The van der Waals surface area contributed by atoms with E-state index in [9.17, 15) is 17.6 Å². The second-order valence-electron chi connectivity index (χ2n) is 6.93. The number of hydrogen-bond acceptors (Lipinski definition) is 4. The highest BCUT2D eigenvalue weighted by atomic mass is 32.2. The molecule has 0 atom stereocenters. The molecular weight excluding hydrogens is 419 g/mol. The Labute approximate surface area is 181 Å². The number of benzene rings is 3. The zero-order valence-corrected chi connectivity index (χ0v) is 18.0. The molecule has 3 aromatic rings. The molecule has 0 radical (unpaired) electrons. The molecule has 0 aliphatic rings. The van der Waals surface area contributed by atoms with E-state index >= 15 is 0 Å². The average molecular weight is 443 g/mol. The maximum Gasteiger partial charge on any atom is 0.258 e. The summed E-state index contributed by atoms with van der Waals surface area (Å²) in [7, 11) is -2.46. The van der Waals surface area contributed by atoms with Crippen LogP contribution in [0.5, 0.6) is 5.75 Å². The van der Waals surface area contributed by atoms with E-state index in [1.807, 2.05) is 43.3 Å². The second kappa shape index (κ2) is 9.72. The van der Waals surface area contributed by atoms with Crippen LogP contribution in [-0.2, 0) is 16.4 Å². The molecule has 31 heavy (non-hydrogen) atoms. The van der Waals surface area contributed by atoms with Crippen LogP contribution >= 0.6 is 0 Å². The maximum atomic E-state index is 14.3. The molecule has 3 rings (SSSR count). The predicted molar refractivity (Wildman–Crippen MR) is 117 cm³/mol. The third kappa shape index (κ3) is 5.68. The van der Waals surface area contributed by atoms with Crippen LogP contribution in [0.2, 0.25) is 0 Å². The highest BCUT2D eigenvalue weighted by molar-refractivity contribution is 7.89. The Kier molecular flexibility index (Phi) is 7.04. The fraction of sp³-hybridized carbons (Fsp3) is 0.174. The molecule has 6 nitrogen and oxygen atoms in total. The van der Waals surface area contributed by atoms with Gasteiger partial charge >= 0.3 is 0 Å². The van der Waals surface area contributed by atoms with Gasteiger partial charge in [-0.2, -0.15) is 0 Å². The summed E-state index contributed by atoms with van der Waals surface area (Å²) in [6, 6.07) is 17.7. The van der Waals surface area contributed by atoms with Crippen molar-refractivity contribution in [3.63, 3.8) is 0 Å². The molecular formula is C23H23FN2O4S. The lowest BCUT2D eigenvalue weighted by atomic mass is 10.1. The first kappa shape index (κ1) is 22.5. The summed E-state index contributed by atoms with van der Waals surface area (Å²) in [6.45, 7) is 2.01. The number of carbonyl (C=O) groups excluding carboxylic acids is 1. The number of methoxy groups -OCH3 is 1. The maximum absolute atomic E-state index is 14.3. The van der Waals surface area contributed by atoms with E-state index in [0.717, 1.165) is 29.3 Å². The van der Waals surface area contributed by atoms with Gasteiger partial charge in [-0.05, 0) is 54.8 Å². The predicted octanol–water partition coefficient (Wildman–Crippen LogP) is 3.92. The Bertz CT molecular complexity index is 1180. The number of anilines is 1. The molecule has 0 aliphatic heterocycles. The Morgan fingerprint density at radius 1 is 1.03 bits per heavy atom. The molecule has 0 aliphatic carbocycles. The number of halogens is 1. The first-order valence-electron chi connectivity index (χ1n) is 9.59. The monoisotopic (exact) mass is 442 g/mol. The summed E-state index contributed by atoms with van der Waals surface area (Å²) in [4.78, 5) is 12.5. The van der Waals surface area contributed by atoms with Crippen LogP contribution < -0.4 is 14.8 Å². The van der Waals surface area contributed by atoms with Gasteiger partial charge in [0.1, 0.15) is 11.6 Å². The van der Waals surface area contributed by atoms with Crippen LogP contribution in [0.15, 0.2) is 71.6 Å². The van der Waals surface area contributed by atoms with E-state index in [1.165, 1.54) is 7.11 Å². The highest BCUT2D eigenvalue weighted by Gasteiger charge is 2.20. The normalized spacial score (nSPS) is 11.2. The van der Waals surface area contributed by atoms with Gasteiger partial charge in [-0.15, -0.1) is 0 Å². The number of sulfonamides is 1. The van der Waals surface area contributed by atoms with E-state index in [2.05, 4.69) is 10.0 Å². The lowest BCUT2D eigenvalue weighted by Gasteiger charge is -2.12. The Morgan fingerprint density at radius 2 is 1.77 bits per heavy atom. The van der Waals surface area contributed by atoms with Crippen LogP contribution in [0, 0.1) is 12.7 Å². The molecule has 0 bridgehead atoms. The summed E-state index contributed by atoms with van der Waals surface area (Å²) >= 11 is 0. The van der Waals surface area contributed by atoms with Crippen molar-refractivity contribution in [2.75, 3.05) is 19.0 Å². The summed E-state index contributed by atoms with van der Waals surface area (Å²) in [5.74, 6) is -1.19. The van der Waals surface area contributed by atoms with Crippen molar-refractivity contribution in [2.24, 2.45) is 0 Å². The van der Waals surface area contributed by atoms with Gasteiger partial charge in [0.05, 0.1) is 23.3 Å². The fourth-order valence-electron chi connectivity index (χ4n) is 3.01. The Hall–Kier alpha value is -3.23. The minimum Gasteiger partial charge on any atom is -0.495 e. The van der Waals surface area contributed by atoms with Crippen molar-refractivity contribution < 1.29 is 22.3 Å². The van der Waals surface area contributed by atoms with Gasteiger partial charge in [0.25, 0.3) is 5.91 Å². The molecule has 8 heteroatoms. The van der Waals surface area contributed by atoms with Crippen LogP contribution in [0.1, 0.15) is 21.5 Å². The smallest absolute Gasteiger partial charge is 0.258 e. The first-order chi connectivity index (χ1) is 14.8. The van der Waals surface area contributed by atoms with Gasteiger partial charge in [0, 0.05) is 6.54 Å². The van der Waals surface area contributed by atoms with Gasteiger partial charge in [0.2, 0.25) is 10.0 Å². The number of carbonyl (C=O) groups is 1. The summed E-state index contributed by atoms with van der Waals surface area (Å²) in [5.41, 5.74) is 1.84. The summed E-state index contributed by atoms with van der Waals surface area (Å²) in [5, 5.41) is 2.58. The fourth-order valence-corrected chi connectivity index (χ4v) is 4.07. The zero-order valence-electron chi connectivity index (χ0n) is 17.2. The number of nitrogens with one attached hydrogen (secondary N) is 2. The molecule has 1 amide bonds. The summed E-state index contributed by atoms with van der Waals surface area (Å²) < 4.78 is 47.3. The van der Waals surface area contributed by atoms with E-state index in [0.29, 0.717) is 17.9 Å². The van der Waals surface area contributed by atoms with E-state index in [4.69, 9.17) is 4.74 Å². The molecule has 0 unspecified atom stereocenters. The molecule has 0 fully saturated rings. The Morgan fingerprint density at radius 3 is 2.48 bits per heavy atom. The quantitative estimate of drug-likeness (QED) is 0.554. The molecule has 3 aromatic carbocycles. The molecule has 0 saturated carbocycles. The van der Waals surface area contributed by atoms with Crippen molar-refractivity contribution in [1.82, 2.24) is 4.72 Å². The molecule has 0 saturated heterocycles. The average Bonchev–Trinajstić information content (AvgIpc) is 2.74. The lowest BCUT2D eigenvalue weighted by molar-refractivity contribution is 0.102. The Balaban J connectivity index is 1.77. The van der Waals surface area contributed by atoms with Crippen LogP contribution in [0.3, 0.4) is 0 Å². The third-order valence-electron chi connectivity index (χ3n) is 4.64. The number of ether oxygens (including phenoxy) is 1. The zero-order chi connectivity index (χ0) is 22.4. The van der Waals surface area contributed by atoms with Gasteiger partial charge in [0.15, 0.2) is 0 Å². The largest absolute Gasteiger partial charge is 0.495 e. The van der Waals surface area contributed by atoms with Crippen LogP contribution in [0.4, 0.5) is 10.1 Å². The van der Waals surface area contributed by atoms with Gasteiger partial charge in [-0.25, -0.2) is 17.5 Å². The van der Waals surface area contributed by atoms with Gasteiger partial charge in [-0.1, -0.05) is 36.4 Å². The molecule has 0 aromatic heterocycles. The minimum absolute atomic E-state index is 0.172. The second-order valence-corrected chi connectivity index (χ2v) is 8.70. The third-order valence-corrected chi connectivity index (χ3v) is 6.10. The molecule has 162 valence electrons. The standard InChI is InChI=1S/C23H23FN2O4S/c1-16-8-11-22(30-2)21(14-16)26-23(27)19-15-18(9-10-20(19)24)31(28,29)25-13-12-17-6-4-3-5-7-17/h3-11,14-15,25H,12-13H2,1-2H3,(H,26,27). The van der Waals surface area contributed by atoms with Crippen molar-refractivity contribution in [3.05, 3.63) is 89.2 Å². The SMILES string of the molecule is COc1ccc(C)cc1NC(=O)c1cc(S(=O)(=O)NCCc2ccccc2)ccc1F. The number of rotatable bonds is 8. The van der Waals surface area contributed by atoms with Crippen LogP contribution in [-0.4, -0.2) is 28.0 Å². The lowest BCUT2D eigenvalue weighted by Crippen LogP contribution is -2.26. The van der Waals surface area contributed by atoms with Crippen molar-refractivity contribution in [1.29, 1.82) is 0 Å². The highest BCUT2D eigenvalue weighted by Crippen LogP contribution is 2.26. The van der Waals surface area contributed by atoms with Gasteiger partial charge in [-0.3, -0.25) is 4.79 Å². The number of hydrogen-bond donors (Lipinski definition) is 2. The van der Waals surface area contributed by atoms with Crippen molar-refractivity contribution >= 4 is 21.6 Å². The van der Waals surface area contributed by atoms with E-state index in [-0.39, 0.29) is 17.0 Å². The van der Waals surface area contributed by atoms with Crippen molar-refractivity contribution in [2.45, 2.75) is 18.2 Å². The molecule has 0 spiro atoms.